The van der Waals surface area contributed by atoms with E-state index in [1.807, 2.05) is 6.07 Å². The number of aliphatic hydroxyl groups excluding tert-OH is 1. The maximum Gasteiger partial charge on any atom is 0.0951 e. The van der Waals surface area contributed by atoms with Gasteiger partial charge >= 0.3 is 0 Å². The molecule has 102 valence electrons. The molecule has 0 amide bonds. The van der Waals surface area contributed by atoms with Crippen molar-refractivity contribution in [3.8, 4) is 0 Å². The van der Waals surface area contributed by atoms with E-state index < -0.39 is 0 Å². The van der Waals surface area contributed by atoms with Gasteiger partial charge in [0, 0.05) is 19.1 Å². The molecule has 1 heterocycles. The lowest BCUT2D eigenvalue weighted by Gasteiger charge is -2.27. The van der Waals surface area contributed by atoms with Crippen LogP contribution >= 0.6 is 0 Å². The Morgan fingerprint density at radius 1 is 1.00 bits per heavy atom. The summed E-state index contributed by atoms with van der Waals surface area (Å²) in [5.41, 5.74) is 2.53. The smallest absolute Gasteiger partial charge is 0.0951 e. The monoisotopic (exact) mass is 257 g/mol. The van der Waals surface area contributed by atoms with Crippen LogP contribution in [0.25, 0.3) is 0 Å². The van der Waals surface area contributed by atoms with Crippen LogP contribution in [0.4, 0.5) is 0 Å². The number of hydrogen-bond donors (Lipinski definition) is 1. The summed E-state index contributed by atoms with van der Waals surface area (Å²) >= 11 is 0. The van der Waals surface area contributed by atoms with E-state index in [1.165, 1.54) is 49.9 Å². The fraction of sp³-hybridized carbons (Fsp3) is 0.647. The van der Waals surface area contributed by atoms with Gasteiger partial charge in [0.15, 0.2) is 0 Å². The number of nitrogens with zero attached hydrogens (tertiary/aromatic N) is 1. The van der Waals surface area contributed by atoms with Crippen molar-refractivity contribution in [3.63, 3.8) is 0 Å². The third kappa shape index (κ3) is 1.93. The highest BCUT2D eigenvalue weighted by Crippen LogP contribution is 2.41. The Morgan fingerprint density at radius 3 is 2.37 bits per heavy atom. The zero-order valence-electron chi connectivity index (χ0n) is 11.5. The van der Waals surface area contributed by atoms with Gasteiger partial charge in [0.05, 0.1) is 6.10 Å². The molecule has 1 aliphatic heterocycles. The van der Waals surface area contributed by atoms with Gasteiger partial charge in [0.2, 0.25) is 0 Å². The lowest BCUT2D eigenvalue weighted by Crippen LogP contribution is -2.36. The normalized spacial score (nSPS) is 38.2. The predicted octanol–water partition coefficient (Wildman–Crippen LogP) is 2.77. The molecule has 1 aromatic carbocycles. The zero-order chi connectivity index (χ0) is 12.8. The molecule has 3 aliphatic rings. The average molecular weight is 257 g/mol. The predicted molar refractivity (Wildman–Crippen MR) is 75.9 cm³/mol. The SMILES string of the molecule is OC1c2ccccc2CC1N1CC2CCCCC2C1. The van der Waals surface area contributed by atoms with Crippen molar-refractivity contribution < 1.29 is 5.11 Å². The minimum atomic E-state index is -0.267. The Labute approximate surface area is 115 Å². The van der Waals surface area contributed by atoms with E-state index in [4.69, 9.17) is 0 Å². The quantitative estimate of drug-likeness (QED) is 0.836. The number of hydrogen-bond acceptors (Lipinski definition) is 2. The van der Waals surface area contributed by atoms with Crippen LogP contribution in [-0.4, -0.2) is 29.1 Å². The molecular weight excluding hydrogens is 234 g/mol. The first kappa shape index (κ1) is 11.9. The van der Waals surface area contributed by atoms with Crippen LogP contribution in [0.1, 0.15) is 42.9 Å². The van der Waals surface area contributed by atoms with Crippen LogP contribution < -0.4 is 0 Å². The first-order chi connectivity index (χ1) is 9.33. The molecule has 2 nitrogen and oxygen atoms in total. The number of rotatable bonds is 1. The highest BCUT2D eigenvalue weighted by Gasteiger charge is 2.42. The van der Waals surface area contributed by atoms with Crippen LogP contribution in [-0.2, 0) is 6.42 Å². The number of fused-ring (bicyclic) bond motifs is 2. The average Bonchev–Trinajstić information content (AvgIpc) is 3.00. The molecule has 0 spiro atoms. The fourth-order valence-corrected chi connectivity index (χ4v) is 4.59. The van der Waals surface area contributed by atoms with E-state index in [0.717, 1.165) is 18.3 Å². The van der Waals surface area contributed by atoms with Gasteiger partial charge in [-0.1, -0.05) is 37.1 Å². The maximum absolute atomic E-state index is 10.6. The third-order valence-corrected chi connectivity index (χ3v) is 5.64. The van der Waals surface area contributed by atoms with E-state index in [9.17, 15) is 5.11 Å². The van der Waals surface area contributed by atoms with Gasteiger partial charge in [0.25, 0.3) is 0 Å². The van der Waals surface area contributed by atoms with Crippen molar-refractivity contribution >= 4 is 0 Å². The number of benzene rings is 1. The van der Waals surface area contributed by atoms with Crippen molar-refractivity contribution in [1.29, 1.82) is 0 Å². The van der Waals surface area contributed by atoms with E-state index in [0.29, 0.717) is 6.04 Å². The first-order valence-electron chi connectivity index (χ1n) is 7.83. The van der Waals surface area contributed by atoms with Gasteiger partial charge in [-0.25, -0.2) is 0 Å². The Bertz CT molecular complexity index is 458. The molecule has 4 unspecified atom stereocenters. The summed E-state index contributed by atoms with van der Waals surface area (Å²) in [5, 5.41) is 10.6. The van der Waals surface area contributed by atoms with Crippen molar-refractivity contribution in [2.75, 3.05) is 13.1 Å². The van der Waals surface area contributed by atoms with E-state index in [2.05, 4.69) is 23.1 Å². The summed E-state index contributed by atoms with van der Waals surface area (Å²) < 4.78 is 0. The van der Waals surface area contributed by atoms with Crippen LogP contribution in [0, 0.1) is 11.8 Å². The van der Waals surface area contributed by atoms with Crippen LogP contribution in [0.15, 0.2) is 24.3 Å². The van der Waals surface area contributed by atoms with Gasteiger partial charge in [0.1, 0.15) is 0 Å². The maximum atomic E-state index is 10.6. The van der Waals surface area contributed by atoms with Gasteiger partial charge in [-0.2, -0.15) is 0 Å². The zero-order valence-corrected chi connectivity index (χ0v) is 11.5. The van der Waals surface area contributed by atoms with Crippen molar-refractivity contribution in [1.82, 2.24) is 4.90 Å². The molecule has 4 atom stereocenters. The highest BCUT2D eigenvalue weighted by molar-refractivity contribution is 5.36. The van der Waals surface area contributed by atoms with E-state index in [1.54, 1.807) is 0 Å². The largest absolute Gasteiger partial charge is 0.387 e. The summed E-state index contributed by atoms with van der Waals surface area (Å²) in [6.07, 6.45) is 6.44. The lowest BCUT2D eigenvalue weighted by atomic mass is 9.82. The summed E-state index contributed by atoms with van der Waals surface area (Å²) in [7, 11) is 0. The molecule has 0 radical (unpaired) electrons. The van der Waals surface area contributed by atoms with Crippen LogP contribution in [0.5, 0.6) is 0 Å². The van der Waals surface area contributed by atoms with E-state index in [-0.39, 0.29) is 6.10 Å². The first-order valence-corrected chi connectivity index (χ1v) is 7.83. The minimum Gasteiger partial charge on any atom is -0.387 e. The van der Waals surface area contributed by atoms with Gasteiger partial charge < -0.3 is 5.11 Å². The Balaban J connectivity index is 1.53. The molecule has 2 fully saturated rings. The number of likely N-dealkylation sites (tertiary alicyclic amines) is 1. The number of aliphatic hydroxyl groups is 1. The van der Waals surface area contributed by atoms with Crippen molar-refractivity contribution in [3.05, 3.63) is 35.4 Å². The second kappa shape index (κ2) is 4.60. The molecule has 0 aromatic heterocycles. The van der Waals surface area contributed by atoms with E-state index >= 15 is 0 Å². The Hall–Kier alpha value is -0.860. The summed E-state index contributed by atoms with van der Waals surface area (Å²) in [6, 6.07) is 8.76. The van der Waals surface area contributed by atoms with Crippen molar-refractivity contribution in [2.45, 2.75) is 44.2 Å². The molecule has 4 rings (SSSR count). The van der Waals surface area contributed by atoms with Gasteiger partial charge in [-0.15, -0.1) is 0 Å². The Morgan fingerprint density at radius 2 is 1.68 bits per heavy atom. The molecule has 0 bridgehead atoms. The van der Waals surface area contributed by atoms with Crippen LogP contribution in [0.2, 0.25) is 0 Å². The van der Waals surface area contributed by atoms with Gasteiger partial charge in [-0.3, -0.25) is 4.90 Å². The Kier molecular flexibility index (Phi) is 2.89. The highest BCUT2D eigenvalue weighted by atomic mass is 16.3. The fourth-order valence-electron chi connectivity index (χ4n) is 4.59. The van der Waals surface area contributed by atoms with Gasteiger partial charge in [-0.05, 0) is 42.2 Å². The second-order valence-electron chi connectivity index (χ2n) is 6.67. The van der Waals surface area contributed by atoms with Crippen LogP contribution in [0.3, 0.4) is 0 Å². The lowest BCUT2D eigenvalue weighted by molar-refractivity contribution is 0.0715. The molecule has 1 N–H and O–H groups in total. The molecule has 1 saturated carbocycles. The second-order valence-corrected chi connectivity index (χ2v) is 6.67. The molecular formula is C17H23NO. The molecule has 2 heteroatoms. The molecule has 19 heavy (non-hydrogen) atoms. The van der Waals surface area contributed by atoms with Crippen molar-refractivity contribution in [2.24, 2.45) is 11.8 Å². The minimum absolute atomic E-state index is 0.267. The topological polar surface area (TPSA) is 23.5 Å². The molecule has 1 saturated heterocycles. The summed E-state index contributed by atoms with van der Waals surface area (Å²) in [6.45, 7) is 2.45. The third-order valence-electron chi connectivity index (χ3n) is 5.64. The summed E-state index contributed by atoms with van der Waals surface area (Å²) in [5.74, 6) is 1.81. The molecule has 1 aromatic rings. The molecule has 2 aliphatic carbocycles. The standard InChI is InChI=1S/C17H23NO/c19-17-15-8-4-3-5-12(15)9-16(17)18-10-13-6-1-2-7-14(13)11-18/h3-5,8,13-14,16-17,19H,1-2,6-7,9-11H2. The summed E-state index contributed by atoms with van der Waals surface area (Å²) in [4.78, 5) is 2.59.